The highest BCUT2D eigenvalue weighted by Crippen LogP contribution is 2.31. The van der Waals surface area contributed by atoms with Crippen LogP contribution >= 0.6 is 15.9 Å². The molecule has 0 aliphatic heterocycles. The van der Waals surface area contributed by atoms with E-state index < -0.39 is 5.60 Å². The first-order valence-electron chi connectivity index (χ1n) is 5.50. The zero-order valence-corrected chi connectivity index (χ0v) is 11.3. The molecule has 0 heterocycles. The van der Waals surface area contributed by atoms with E-state index in [2.05, 4.69) is 27.8 Å². The van der Waals surface area contributed by atoms with Gasteiger partial charge in [0.2, 0.25) is 0 Å². The lowest BCUT2D eigenvalue weighted by Gasteiger charge is -2.26. The van der Waals surface area contributed by atoms with Gasteiger partial charge in [0, 0.05) is 10.9 Å². The Hall–Kier alpha value is -0.780. The van der Waals surface area contributed by atoms with Gasteiger partial charge in [0.25, 0.3) is 0 Å². The molecule has 1 N–H and O–H groups in total. The minimum Gasteiger partial charge on any atom is -0.385 e. The highest BCUT2D eigenvalue weighted by Gasteiger charge is 2.26. The average molecular weight is 281 g/mol. The van der Waals surface area contributed by atoms with Crippen LogP contribution in [0.25, 0.3) is 0 Å². The maximum atomic E-state index is 10.6. The zero-order chi connectivity index (χ0) is 12.0. The molecule has 86 valence electrons. The molecule has 1 rings (SSSR count). The van der Waals surface area contributed by atoms with Gasteiger partial charge >= 0.3 is 0 Å². The van der Waals surface area contributed by atoms with E-state index in [1.54, 1.807) is 0 Å². The molecule has 1 aromatic rings. The molecule has 1 aromatic carbocycles. The molecular formula is C14H17BrO. The Morgan fingerprint density at radius 2 is 2.19 bits per heavy atom. The van der Waals surface area contributed by atoms with Gasteiger partial charge in [-0.05, 0) is 37.5 Å². The van der Waals surface area contributed by atoms with Crippen molar-refractivity contribution in [2.24, 2.45) is 0 Å². The van der Waals surface area contributed by atoms with E-state index in [1.807, 2.05) is 38.1 Å². The lowest BCUT2D eigenvalue weighted by atomic mass is 9.87. The van der Waals surface area contributed by atoms with Crippen LogP contribution in [-0.4, -0.2) is 5.11 Å². The Morgan fingerprint density at radius 3 is 2.75 bits per heavy atom. The second kappa shape index (κ2) is 6.08. The fourth-order valence-corrected chi connectivity index (χ4v) is 2.10. The van der Waals surface area contributed by atoms with Crippen LogP contribution in [0.15, 0.2) is 28.7 Å². The second-order valence-electron chi connectivity index (χ2n) is 3.82. The molecule has 0 aliphatic carbocycles. The fraction of sp³-hybridized carbons (Fsp3) is 0.429. The standard InChI is InChI=1S/C14H17BrO/c1-3-5-6-10-14(16,4-2)12-8-7-9-13(15)11-12/h7-9,11,16H,4,6,10H2,1-2H3. The fourth-order valence-electron chi connectivity index (χ4n) is 1.70. The van der Waals surface area contributed by atoms with Crippen molar-refractivity contribution in [3.8, 4) is 11.8 Å². The number of hydrogen-bond donors (Lipinski definition) is 1. The third-order valence-electron chi connectivity index (χ3n) is 2.79. The molecule has 16 heavy (non-hydrogen) atoms. The third kappa shape index (κ3) is 3.37. The van der Waals surface area contributed by atoms with Crippen molar-refractivity contribution in [2.75, 3.05) is 0 Å². The van der Waals surface area contributed by atoms with E-state index in [9.17, 15) is 5.11 Å². The molecule has 1 unspecified atom stereocenters. The monoisotopic (exact) mass is 280 g/mol. The summed E-state index contributed by atoms with van der Waals surface area (Å²) in [4.78, 5) is 0. The first-order chi connectivity index (χ1) is 7.62. The van der Waals surface area contributed by atoms with Gasteiger partial charge in [-0.15, -0.1) is 11.8 Å². The summed E-state index contributed by atoms with van der Waals surface area (Å²) in [5.41, 5.74) is 0.204. The number of halogens is 1. The molecule has 0 bridgehead atoms. The SMILES string of the molecule is CC#CCCC(O)(CC)c1cccc(Br)c1. The van der Waals surface area contributed by atoms with Crippen LogP contribution in [0.3, 0.4) is 0 Å². The summed E-state index contributed by atoms with van der Waals surface area (Å²) < 4.78 is 0.999. The summed E-state index contributed by atoms with van der Waals surface area (Å²) in [6.07, 6.45) is 2.11. The predicted molar refractivity (Wildman–Crippen MR) is 71.0 cm³/mol. The summed E-state index contributed by atoms with van der Waals surface area (Å²) in [6, 6.07) is 7.85. The van der Waals surface area contributed by atoms with Crippen LogP contribution in [0, 0.1) is 11.8 Å². The molecule has 0 amide bonds. The number of benzene rings is 1. The summed E-state index contributed by atoms with van der Waals surface area (Å²) in [6.45, 7) is 3.82. The van der Waals surface area contributed by atoms with Gasteiger partial charge in [-0.3, -0.25) is 0 Å². The summed E-state index contributed by atoms with van der Waals surface area (Å²) in [7, 11) is 0. The second-order valence-corrected chi connectivity index (χ2v) is 4.74. The highest BCUT2D eigenvalue weighted by atomic mass is 79.9. The van der Waals surface area contributed by atoms with Crippen molar-refractivity contribution in [3.63, 3.8) is 0 Å². The van der Waals surface area contributed by atoms with Gasteiger partial charge in [0.05, 0.1) is 5.60 Å². The van der Waals surface area contributed by atoms with Crippen molar-refractivity contribution in [3.05, 3.63) is 34.3 Å². The van der Waals surface area contributed by atoms with Gasteiger partial charge < -0.3 is 5.11 Å². The van der Waals surface area contributed by atoms with Gasteiger partial charge in [-0.2, -0.15) is 0 Å². The molecule has 0 fully saturated rings. The van der Waals surface area contributed by atoms with E-state index in [4.69, 9.17) is 0 Å². The minimum atomic E-state index is -0.756. The summed E-state index contributed by atoms with van der Waals surface area (Å²) >= 11 is 3.43. The van der Waals surface area contributed by atoms with E-state index in [0.717, 1.165) is 16.5 Å². The Labute approximate surface area is 106 Å². The lowest BCUT2D eigenvalue weighted by Crippen LogP contribution is -2.24. The molecule has 1 atom stereocenters. The lowest BCUT2D eigenvalue weighted by molar-refractivity contribution is 0.0248. The van der Waals surface area contributed by atoms with E-state index in [1.165, 1.54) is 0 Å². The Bertz CT molecular complexity index is 403. The molecule has 0 aliphatic rings. The van der Waals surface area contributed by atoms with Crippen LogP contribution < -0.4 is 0 Å². The molecule has 0 saturated carbocycles. The summed E-state index contributed by atoms with van der Waals surface area (Å²) in [5.74, 6) is 5.86. The zero-order valence-electron chi connectivity index (χ0n) is 9.76. The molecule has 0 saturated heterocycles. The maximum Gasteiger partial charge on any atom is 0.0903 e. The van der Waals surface area contributed by atoms with E-state index >= 15 is 0 Å². The molecule has 2 heteroatoms. The van der Waals surface area contributed by atoms with E-state index in [-0.39, 0.29) is 0 Å². The van der Waals surface area contributed by atoms with Gasteiger partial charge in [0.1, 0.15) is 0 Å². The van der Waals surface area contributed by atoms with Crippen LogP contribution in [0.5, 0.6) is 0 Å². The van der Waals surface area contributed by atoms with Gasteiger partial charge in [-0.25, -0.2) is 0 Å². The van der Waals surface area contributed by atoms with Crippen molar-refractivity contribution < 1.29 is 5.11 Å². The van der Waals surface area contributed by atoms with Crippen molar-refractivity contribution in [2.45, 2.75) is 38.7 Å². The molecular weight excluding hydrogens is 264 g/mol. The molecule has 0 spiro atoms. The van der Waals surface area contributed by atoms with Crippen LogP contribution in [0.2, 0.25) is 0 Å². The highest BCUT2D eigenvalue weighted by molar-refractivity contribution is 9.10. The number of hydrogen-bond acceptors (Lipinski definition) is 1. The van der Waals surface area contributed by atoms with Crippen molar-refractivity contribution in [1.29, 1.82) is 0 Å². The number of rotatable bonds is 4. The molecule has 1 nitrogen and oxygen atoms in total. The maximum absolute atomic E-state index is 10.6. The predicted octanol–water partition coefficient (Wildman–Crippen LogP) is 3.85. The van der Waals surface area contributed by atoms with E-state index in [0.29, 0.717) is 12.8 Å². The van der Waals surface area contributed by atoms with Crippen LogP contribution in [0.4, 0.5) is 0 Å². The largest absolute Gasteiger partial charge is 0.385 e. The minimum absolute atomic E-state index is 0.681. The first-order valence-corrected chi connectivity index (χ1v) is 6.29. The van der Waals surface area contributed by atoms with Gasteiger partial charge in [-0.1, -0.05) is 35.0 Å². The normalized spacial score (nSPS) is 13.8. The smallest absolute Gasteiger partial charge is 0.0903 e. The molecule has 0 radical (unpaired) electrons. The number of aliphatic hydroxyl groups is 1. The first kappa shape index (κ1) is 13.3. The van der Waals surface area contributed by atoms with Crippen LogP contribution in [-0.2, 0) is 5.60 Å². The Morgan fingerprint density at radius 1 is 1.44 bits per heavy atom. The summed E-state index contributed by atoms with van der Waals surface area (Å²) in [5, 5.41) is 10.6. The molecule has 0 aromatic heterocycles. The topological polar surface area (TPSA) is 20.2 Å². The quantitative estimate of drug-likeness (QED) is 0.831. The third-order valence-corrected chi connectivity index (χ3v) is 3.28. The average Bonchev–Trinajstić information content (AvgIpc) is 2.29. The van der Waals surface area contributed by atoms with Gasteiger partial charge in [0.15, 0.2) is 0 Å². The van der Waals surface area contributed by atoms with Crippen molar-refractivity contribution in [1.82, 2.24) is 0 Å². The Kier molecular flexibility index (Phi) is 5.05. The Balaban J connectivity index is 2.89. The van der Waals surface area contributed by atoms with Crippen molar-refractivity contribution >= 4 is 15.9 Å². The van der Waals surface area contributed by atoms with Crippen LogP contribution in [0.1, 0.15) is 38.7 Å².